The lowest BCUT2D eigenvalue weighted by Gasteiger charge is -2.17. The Labute approximate surface area is 167 Å². The van der Waals surface area contributed by atoms with Crippen LogP contribution in [0.25, 0.3) is 0 Å². The van der Waals surface area contributed by atoms with E-state index in [9.17, 15) is 4.39 Å². The number of benzene rings is 2. The Balaban J connectivity index is 1.73. The van der Waals surface area contributed by atoms with Crippen LogP contribution in [-0.2, 0) is 12.3 Å². The highest BCUT2D eigenvalue weighted by atomic mass is 35.5. The largest absolute Gasteiger partial charge is 0.482 e. The van der Waals surface area contributed by atoms with Crippen molar-refractivity contribution in [3.05, 3.63) is 70.3 Å². The first-order valence-electron chi connectivity index (χ1n) is 8.71. The summed E-state index contributed by atoms with van der Waals surface area (Å²) in [5, 5.41) is 10.2. The van der Waals surface area contributed by atoms with Gasteiger partial charge in [-0.25, -0.2) is 4.39 Å². The van der Waals surface area contributed by atoms with Crippen molar-refractivity contribution in [2.24, 2.45) is 0 Å². The van der Waals surface area contributed by atoms with Gasteiger partial charge in [0, 0.05) is 17.3 Å². The van der Waals surface area contributed by atoms with Crippen LogP contribution in [0, 0.1) is 12.7 Å². The third-order valence-electron chi connectivity index (χ3n) is 4.15. The maximum absolute atomic E-state index is 13.0. The highest BCUT2D eigenvalue weighted by molar-refractivity contribution is 7.98. The molecule has 1 aromatic heterocycles. The van der Waals surface area contributed by atoms with Gasteiger partial charge in [-0.2, -0.15) is 0 Å². The fourth-order valence-electron chi connectivity index (χ4n) is 2.72. The molecule has 4 nitrogen and oxygen atoms in total. The van der Waals surface area contributed by atoms with Crippen molar-refractivity contribution in [3.8, 4) is 5.75 Å². The highest BCUT2D eigenvalue weighted by Crippen LogP contribution is 2.29. The normalized spacial score (nSPS) is 12.2. The summed E-state index contributed by atoms with van der Waals surface area (Å²) in [5.74, 6) is 2.02. The molecule has 0 aliphatic carbocycles. The van der Waals surface area contributed by atoms with Gasteiger partial charge in [-0.15, -0.1) is 10.2 Å². The number of hydrogen-bond acceptors (Lipinski definition) is 4. The quantitative estimate of drug-likeness (QED) is 0.463. The van der Waals surface area contributed by atoms with Gasteiger partial charge in [0.1, 0.15) is 11.6 Å². The van der Waals surface area contributed by atoms with E-state index in [0.29, 0.717) is 10.8 Å². The second-order valence-corrected chi connectivity index (χ2v) is 7.55. The molecule has 1 atom stereocenters. The van der Waals surface area contributed by atoms with E-state index in [2.05, 4.69) is 17.1 Å². The molecule has 0 saturated heterocycles. The minimum absolute atomic E-state index is 0.230. The van der Waals surface area contributed by atoms with Crippen molar-refractivity contribution in [2.75, 3.05) is 0 Å². The predicted molar refractivity (Wildman–Crippen MR) is 107 cm³/mol. The van der Waals surface area contributed by atoms with E-state index >= 15 is 0 Å². The topological polar surface area (TPSA) is 39.9 Å². The molecule has 142 valence electrons. The second kappa shape index (κ2) is 8.76. The summed E-state index contributed by atoms with van der Waals surface area (Å²) in [5.41, 5.74) is 2.01. The summed E-state index contributed by atoms with van der Waals surface area (Å²) in [6.07, 6.45) is -0.252. The molecular weight excluding hydrogens is 385 g/mol. The van der Waals surface area contributed by atoms with Crippen molar-refractivity contribution in [2.45, 2.75) is 44.3 Å². The molecule has 0 aliphatic heterocycles. The number of nitrogens with zero attached hydrogens (tertiary/aromatic N) is 3. The summed E-state index contributed by atoms with van der Waals surface area (Å²) in [7, 11) is 0. The number of aryl methyl sites for hydroxylation is 1. The molecule has 0 amide bonds. The Morgan fingerprint density at radius 2 is 1.93 bits per heavy atom. The maximum atomic E-state index is 13.0. The van der Waals surface area contributed by atoms with Crippen molar-refractivity contribution in [3.63, 3.8) is 0 Å². The van der Waals surface area contributed by atoms with Gasteiger partial charge in [-0.05, 0) is 62.2 Å². The Hall–Kier alpha value is -2.05. The van der Waals surface area contributed by atoms with E-state index in [0.717, 1.165) is 34.4 Å². The summed E-state index contributed by atoms with van der Waals surface area (Å²) in [6.45, 7) is 6.71. The fourth-order valence-corrected chi connectivity index (χ4v) is 3.91. The zero-order chi connectivity index (χ0) is 19.4. The molecule has 1 heterocycles. The van der Waals surface area contributed by atoms with Gasteiger partial charge < -0.3 is 9.30 Å². The van der Waals surface area contributed by atoms with Gasteiger partial charge in [-0.3, -0.25) is 0 Å². The van der Waals surface area contributed by atoms with Gasteiger partial charge in [0.2, 0.25) is 0 Å². The van der Waals surface area contributed by atoms with Crippen LogP contribution in [0.3, 0.4) is 0 Å². The van der Waals surface area contributed by atoms with E-state index in [4.69, 9.17) is 16.3 Å². The van der Waals surface area contributed by atoms with E-state index < -0.39 is 0 Å². The van der Waals surface area contributed by atoms with Crippen LogP contribution in [0.1, 0.15) is 36.9 Å². The van der Waals surface area contributed by atoms with Crippen LogP contribution in [0.4, 0.5) is 4.39 Å². The average Bonchev–Trinajstić information content (AvgIpc) is 3.06. The van der Waals surface area contributed by atoms with Gasteiger partial charge in [0.05, 0.1) is 0 Å². The minimum atomic E-state index is -0.252. The molecule has 0 aliphatic rings. The van der Waals surface area contributed by atoms with E-state index in [1.807, 2.05) is 36.6 Å². The van der Waals surface area contributed by atoms with Crippen molar-refractivity contribution in [1.82, 2.24) is 14.8 Å². The lowest BCUT2D eigenvalue weighted by Crippen LogP contribution is -2.12. The number of aromatic nitrogens is 3. The molecule has 0 saturated carbocycles. The van der Waals surface area contributed by atoms with Gasteiger partial charge >= 0.3 is 0 Å². The standard InChI is InChI=1S/C20H21ClFN3OS/c1-4-25-19(14(3)26-18-10-7-16(21)11-13(18)2)23-24-20(25)27-12-15-5-8-17(22)9-6-15/h5-11,14H,4,12H2,1-3H3. The Kier molecular flexibility index (Phi) is 6.39. The molecule has 0 N–H and O–H groups in total. The zero-order valence-corrected chi connectivity index (χ0v) is 17.0. The highest BCUT2D eigenvalue weighted by Gasteiger charge is 2.19. The molecule has 3 rings (SSSR count). The van der Waals surface area contributed by atoms with Crippen LogP contribution < -0.4 is 4.74 Å². The second-order valence-electron chi connectivity index (χ2n) is 6.17. The van der Waals surface area contributed by atoms with Crippen LogP contribution in [-0.4, -0.2) is 14.8 Å². The Bertz CT molecular complexity index is 914. The van der Waals surface area contributed by atoms with Crippen molar-refractivity contribution in [1.29, 1.82) is 0 Å². The van der Waals surface area contributed by atoms with E-state index in [1.54, 1.807) is 23.9 Å². The molecule has 2 aromatic carbocycles. The van der Waals surface area contributed by atoms with Crippen LogP contribution in [0.2, 0.25) is 5.02 Å². The molecule has 1 unspecified atom stereocenters. The fraction of sp³-hybridized carbons (Fsp3) is 0.300. The molecule has 27 heavy (non-hydrogen) atoms. The lowest BCUT2D eigenvalue weighted by atomic mass is 10.2. The predicted octanol–water partition coefficient (Wildman–Crippen LogP) is 5.83. The summed E-state index contributed by atoms with van der Waals surface area (Å²) >= 11 is 7.58. The Morgan fingerprint density at radius 3 is 2.59 bits per heavy atom. The molecule has 3 aromatic rings. The van der Waals surface area contributed by atoms with Crippen LogP contribution in [0.15, 0.2) is 47.6 Å². The van der Waals surface area contributed by atoms with Crippen LogP contribution in [0.5, 0.6) is 5.75 Å². The first-order chi connectivity index (χ1) is 13.0. The van der Waals surface area contributed by atoms with Crippen molar-refractivity contribution >= 4 is 23.4 Å². The molecule has 0 radical (unpaired) electrons. The summed E-state index contributed by atoms with van der Waals surface area (Å²) in [4.78, 5) is 0. The number of hydrogen-bond donors (Lipinski definition) is 0. The summed E-state index contributed by atoms with van der Waals surface area (Å²) < 4.78 is 21.2. The third-order valence-corrected chi connectivity index (χ3v) is 5.42. The maximum Gasteiger partial charge on any atom is 0.191 e. The van der Waals surface area contributed by atoms with Gasteiger partial charge in [-0.1, -0.05) is 35.5 Å². The molecule has 0 fully saturated rings. The molecule has 7 heteroatoms. The number of halogens is 2. The monoisotopic (exact) mass is 405 g/mol. The van der Waals surface area contributed by atoms with Crippen LogP contribution >= 0.6 is 23.4 Å². The minimum Gasteiger partial charge on any atom is -0.482 e. The zero-order valence-electron chi connectivity index (χ0n) is 15.4. The third kappa shape index (κ3) is 4.82. The summed E-state index contributed by atoms with van der Waals surface area (Å²) in [6, 6.07) is 12.1. The van der Waals surface area contributed by atoms with E-state index in [1.165, 1.54) is 12.1 Å². The van der Waals surface area contributed by atoms with Crippen molar-refractivity contribution < 1.29 is 9.13 Å². The first kappa shape index (κ1) is 19.7. The average molecular weight is 406 g/mol. The lowest BCUT2D eigenvalue weighted by molar-refractivity contribution is 0.208. The first-order valence-corrected chi connectivity index (χ1v) is 10.1. The molecular formula is C20H21ClFN3OS. The Morgan fingerprint density at radius 1 is 1.19 bits per heavy atom. The number of rotatable bonds is 7. The molecule has 0 bridgehead atoms. The number of ether oxygens (including phenoxy) is 1. The van der Waals surface area contributed by atoms with Gasteiger partial charge in [0.25, 0.3) is 0 Å². The number of thioether (sulfide) groups is 1. The van der Waals surface area contributed by atoms with Gasteiger partial charge in [0.15, 0.2) is 17.1 Å². The SMILES string of the molecule is CCn1c(SCc2ccc(F)cc2)nnc1C(C)Oc1ccc(Cl)cc1C. The smallest absolute Gasteiger partial charge is 0.191 e. The molecule has 0 spiro atoms. The van der Waals surface area contributed by atoms with E-state index in [-0.39, 0.29) is 11.9 Å².